The third-order valence-corrected chi connectivity index (χ3v) is 6.88. The van der Waals surface area contributed by atoms with Crippen molar-refractivity contribution in [1.29, 1.82) is 0 Å². The molecule has 2 N–H and O–H groups in total. The maximum Gasteiger partial charge on any atom is 0.270 e. The Morgan fingerprint density at radius 2 is 1.72 bits per heavy atom. The van der Waals surface area contributed by atoms with Crippen LogP contribution in [-0.2, 0) is 4.79 Å². The van der Waals surface area contributed by atoms with E-state index in [-0.39, 0.29) is 23.8 Å². The second-order valence-electron chi connectivity index (χ2n) is 9.83. The van der Waals surface area contributed by atoms with Gasteiger partial charge in [0.05, 0.1) is 6.04 Å². The summed E-state index contributed by atoms with van der Waals surface area (Å²) in [4.78, 5) is 31.6. The lowest BCUT2D eigenvalue weighted by molar-refractivity contribution is -0.118. The minimum Gasteiger partial charge on any atom is -0.344 e. The van der Waals surface area contributed by atoms with Crippen LogP contribution in [0.5, 0.6) is 0 Å². The Bertz CT molecular complexity index is 1130. The number of likely N-dealkylation sites (tertiary alicyclic amines) is 1. The standard InChI is InChI=1S/C30H36N4O2/c1-22(2)29(35)32-26-12-8-11-25(21-26)23-14-18-34(19-15-23)20-16-27(24-9-4-3-5-10-24)33-30(36)28-13-6-7-17-31-28/h3-13,17,21-23,27H,14-16,18-20H2,1-2H3,(H,32,35)(H,33,36)/t27-/m0/s1. The molecule has 1 aliphatic heterocycles. The number of aromatic nitrogens is 1. The Kier molecular flexibility index (Phi) is 8.85. The summed E-state index contributed by atoms with van der Waals surface area (Å²) in [5, 5.41) is 6.21. The molecule has 3 aromatic rings. The van der Waals surface area contributed by atoms with Gasteiger partial charge in [-0.1, -0.05) is 62.4 Å². The molecule has 0 spiro atoms. The highest BCUT2D eigenvalue weighted by Gasteiger charge is 2.23. The molecule has 2 aromatic carbocycles. The maximum absolute atomic E-state index is 12.8. The van der Waals surface area contributed by atoms with Gasteiger partial charge in [-0.3, -0.25) is 14.6 Å². The zero-order valence-corrected chi connectivity index (χ0v) is 21.2. The number of nitrogens with zero attached hydrogens (tertiary/aromatic N) is 2. The Morgan fingerprint density at radius 1 is 0.972 bits per heavy atom. The topological polar surface area (TPSA) is 74.3 Å². The number of nitrogens with one attached hydrogen (secondary N) is 2. The van der Waals surface area contributed by atoms with Crippen molar-refractivity contribution in [3.63, 3.8) is 0 Å². The zero-order chi connectivity index (χ0) is 25.3. The first-order chi connectivity index (χ1) is 17.5. The number of hydrogen-bond acceptors (Lipinski definition) is 4. The molecule has 1 aromatic heterocycles. The smallest absolute Gasteiger partial charge is 0.270 e. The molecule has 36 heavy (non-hydrogen) atoms. The van der Waals surface area contributed by atoms with Gasteiger partial charge in [0.15, 0.2) is 0 Å². The predicted octanol–water partition coefficient (Wildman–Crippen LogP) is 5.42. The van der Waals surface area contributed by atoms with Crippen molar-refractivity contribution in [1.82, 2.24) is 15.2 Å². The summed E-state index contributed by atoms with van der Waals surface area (Å²) in [6.45, 7) is 6.76. The number of piperidine rings is 1. The van der Waals surface area contributed by atoms with Gasteiger partial charge in [-0.05, 0) is 73.7 Å². The van der Waals surface area contributed by atoms with E-state index in [4.69, 9.17) is 0 Å². The maximum atomic E-state index is 12.8. The number of rotatable bonds is 9. The molecule has 2 amide bonds. The zero-order valence-electron chi connectivity index (χ0n) is 21.2. The van der Waals surface area contributed by atoms with Gasteiger partial charge >= 0.3 is 0 Å². The Hall–Kier alpha value is -3.51. The molecule has 1 fully saturated rings. The van der Waals surface area contributed by atoms with Crippen molar-refractivity contribution in [3.05, 3.63) is 95.8 Å². The van der Waals surface area contributed by atoms with Crippen LogP contribution in [0.3, 0.4) is 0 Å². The van der Waals surface area contributed by atoms with Crippen LogP contribution in [0.25, 0.3) is 0 Å². The SMILES string of the molecule is CC(C)C(=O)Nc1cccc(C2CCN(CC[C@H](NC(=O)c3ccccn3)c3ccccc3)CC2)c1. The summed E-state index contributed by atoms with van der Waals surface area (Å²) in [6, 6.07) is 23.8. The van der Waals surface area contributed by atoms with E-state index in [1.54, 1.807) is 12.3 Å². The molecular formula is C30H36N4O2. The molecule has 4 rings (SSSR count). The highest BCUT2D eigenvalue weighted by Crippen LogP contribution is 2.30. The lowest BCUT2D eigenvalue weighted by atomic mass is 9.89. The molecule has 2 heterocycles. The van der Waals surface area contributed by atoms with Crippen LogP contribution in [-0.4, -0.2) is 41.3 Å². The van der Waals surface area contributed by atoms with Gasteiger partial charge in [0.2, 0.25) is 5.91 Å². The van der Waals surface area contributed by atoms with E-state index in [9.17, 15) is 9.59 Å². The summed E-state index contributed by atoms with van der Waals surface area (Å²) in [5.74, 6) is 0.356. The van der Waals surface area contributed by atoms with Crippen molar-refractivity contribution in [3.8, 4) is 0 Å². The third-order valence-electron chi connectivity index (χ3n) is 6.88. The summed E-state index contributed by atoms with van der Waals surface area (Å²) in [5.41, 5.74) is 3.71. The molecule has 0 unspecified atom stereocenters. The minimum atomic E-state index is -0.146. The van der Waals surface area contributed by atoms with Crippen molar-refractivity contribution >= 4 is 17.5 Å². The lowest BCUT2D eigenvalue weighted by Gasteiger charge is -2.33. The second-order valence-corrected chi connectivity index (χ2v) is 9.83. The molecule has 1 aliphatic rings. The number of hydrogen-bond donors (Lipinski definition) is 2. The van der Waals surface area contributed by atoms with Crippen LogP contribution in [0.1, 0.15) is 66.7 Å². The highest BCUT2D eigenvalue weighted by molar-refractivity contribution is 5.92. The third kappa shape index (κ3) is 7.01. The minimum absolute atomic E-state index is 0.0367. The first-order valence-electron chi connectivity index (χ1n) is 12.9. The lowest BCUT2D eigenvalue weighted by Crippen LogP contribution is -2.37. The fraction of sp³-hybridized carbons (Fsp3) is 0.367. The van der Waals surface area contributed by atoms with Gasteiger partial charge in [-0.15, -0.1) is 0 Å². The van der Waals surface area contributed by atoms with Gasteiger partial charge in [0.1, 0.15) is 5.69 Å². The number of benzene rings is 2. The van der Waals surface area contributed by atoms with Crippen LogP contribution >= 0.6 is 0 Å². The first kappa shape index (κ1) is 25.6. The number of carbonyl (C=O) groups excluding carboxylic acids is 2. The van der Waals surface area contributed by atoms with Gasteiger partial charge in [0, 0.05) is 24.3 Å². The molecule has 0 aliphatic carbocycles. The van der Waals surface area contributed by atoms with Crippen molar-refractivity contribution < 1.29 is 9.59 Å². The van der Waals surface area contributed by atoms with Crippen LogP contribution in [0.4, 0.5) is 5.69 Å². The van der Waals surface area contributed by atoms with Crippen LogP contribution in [0.15, 0.2) is 79.0 Å². The van der Waals surface area contributed by atoms with Gasteiger partial charge < -0.3 is 15.5 Å². The molecule has 6 heteroatoms. The molecule has 0 saturated carbocycles. The molecule has 6 nitrogen and oxygen atoms in total. The fourth-order valence-corrected chi connectivity index (χ4v) is 4.70. The molecule has 1 saturated heterocycles. The van der Waals surface area contributed by atoms with E-state index < -0.39 is 0 Å². The molecular weight excluding hydrogens is 448 g/mol. The summed E-state index contributed by atoms with van der Waals surface area (Å²) >= 11 is 0. The Balaban J connectivity index is 1.33. The van der Waals surface area contributed by atoms with E-state index in [1.807, 2.05) is 56.3 Å². The highest BCUT2D eigenvalue weighted by atomic mass is 16.2. The Labute approximate surface area is 214 Å². The van der Waals surface area contributed by atoms with E-state index >= 15 is 0 Å². The molecule has 0 radical (unpaired) electrons. The average molecular weight is 485 g/mol. The summed E-state index contributed by atoms with van der Waals surface area (Å²) in [6.07, 6.45) is 4.64. The monoisotopic (exact) mass is 484 g/mol. The van der Waals surface area contributed by atoms with Gasteiger partial charge in [-0.2, -0.15) is 0 Å². The number of amides is 2. The average Bonchev–Trinajstić information content (AvgIpc) is 2.92. The Morgan fingerprint density at radius 3 is 2.42 bits per heavy atom. The van der Waals surface area contributed by atoms with E-state index in [0.29, 0.717) is 11.6 Å². The van der Waals surface area contributed by atoms with Crippen molar-refractivity contribution in [2.75, 3.05) is 25.0 Å². The molecule has 188 valence electrons. The van der Waals surface area contributed by atoms with E-state index in [1.165, 1.54) is 5.56 Å². The normalized spacial score (nSPS) is 15.4. The van der Waals surface area contributed by atoms with Crippen LogP contribution < -0.4 is 10.6 Å². The van der Waals surface area contributed by atoms with Crippen molar-refractivity contribution in [2.24, 2.45) is 5.92 Å². The second kappa shape index (κ2) is 12.5. The predicted molar refractivity (Wildman–Crippen MR) is 144 cm³/mol. The quantitative estimate of drug-likeness (QED) is 0.425. The van der Waals surface area contributed by atoms with E-state index in [2.05, 4.69) is 44.8 Å². The fourth-order valence-electron chi connectivity index (χ4n) is 4.70. The largest absolute Gasteiger partial charge is 0.344 e. The molecule has 1 atom stereocenters. The van der Waals surface area contributed by atoms with E-state index in [0.717, 1.165) is 50.1 Å². The molecule has 0 bridgehead atoms. The number of anilines is 1. The number of carbonyl (C=O) groups is 2. The van der Waals surface area contributed by atoms with Gasteiger partial charge in [0.25, 0.3) is 5.91 Å². The summed E-state index contributed by atoms with van der Waals surface area (Å²) < 4.78 is 0. The van der Waals surface area contributed by atoms with Crippen LogP contribution in [0, 0.1) is 5.92 Å². The first-order valence-corrected chi connectivity index (χ1v) is 12.9. The van der Waals surface area contributed by atoms with Gasteiger partial charge in [-0.25, -0.2) is 0 Å². The summed E-state index contributed by atoms with van der Waals surface area (Å²) in [7, 11) is 0. The van der Waals surface area contributed by atoms with Crippen molar-refractivity contribution in [2.45, 2.75) is 45.1 Å². The number of pyridine rings is 1. The van der Waals surface area contributed by atoms with Crippen LogP contribution in [0.2, 0.25) is 0 Å².